The molecule has 1 aliphatic rings. The van der Waals surface area contributed by atoms with E-state index in [2.05, 4.69) is 28.1 Å². The largest absolute Gasteiger partial charge is 0.496 e. The van der Waals surface area contributed by atoms with Gasteiger partial charge in [-0.05, 0) is 52.4 Å². The van der Waals surface area contributed by atoms with E-state index in [1.807, 2.05) is 6.07 Å². The molecule has 0 bridgehead atoms. The summed E-state index contributed by atoms with van der Waals surface area (Å²) in [5.41, 5.74) is 1.44. The van der Waals surface area contributed by atoms with Crippen LogP contribution in [0.1, 0.15) is 30.7 Å². The van der Waals surface area contributed by atoms with Crippen molar-refractivity contribution < 1.29 is 4.74 Å². The maximum atomic E-state index is 5.18. The summed E-state index contributed by atoms with van der Waals surface area (Å²) < 4.78 is 6.25. The van der Waals surface area contributed by atoms with Crippen molar-refractivity contribution in [2.45, 2.75) is 25.2 Å². The third-order valence-corrected chi connectivity index (χ3v) is 3.37. The van der Waals surface area contributed by atoms with E-state index in [1.54, 1.807) is 7.11 Å². The van der Waals surface area contributed by atoms with Crippen molar-refractivity contribution in [1.29, 1.82) is 0 Å². The maximum absolute atomic E-state index is 5.18. The first-order valence-corrected chi connectivity index (χ1v) is 5.44. The number of rotatable bonds is 2. The smallest absolute Gasteiger partial charge is 0.133 e. The summed E-state index contributed by atoms with van der Waals surface area (Å²) in [5.74, 6) is 1.71. The molecule has 2 rings (SSSR count). The fraction of sp³-hybridized carbons (Fsp3) is 0.455. The molecule has 1 aromatic rings. The Morgan fingerprint density at radius 2 is 2.15 bits per heavy atom. The molecule has 0 N–H and O–H groups in total. The molecular formula is C11H13BrO. The summed E-state index contributed by atoms with van der Waals surface area (Å²) in [5, 5.41) is 0. The number of benzene rings is 1. The van der Waals surface area contributed by atoms with E-state index >= 15 is 0 Å². The van der Waals surface area contributed by atoms with Crippen LogP contribution in [0.15, 0.2) is 22.7 Å². The molecule has 0 unspecified atom stereocenters. The molecule has 1 fully saturated rings. The zero-order valence-electron chi connectivity index (χ0n) is 7.72. The standard InChI is InChI=1S/C11H13BrO/c1-13-11-6-5-9(7-10(11)12)8-3-2-4-8/h5-8H,2-4H2,1H3. The molecule has 70 valence electrons. The van der Waals surface area contributed by atoms with Gasteiger partial charge in [0, 0.05) is 0 Å². The van der Waals surface area contributed by atoms with Crippen LogP contribution in [0.2, 0.25) is 0 Å². The van der Waals surface area contributed by atoms with Gasteiger partial charge in [0.05, 0.1) is 11.6 Å². The van der Waals surface area contributed by atoms with Crippen LogP contribution in [0.25, 0.3) is 0 Å². The van der Waals surface area contributed by atoms with Gasteiger partial charge in [-0.1, -0.05) is 12.5 Å². The Morgan fingerprint density at radius 1 is 1.38 bits per heavy atom. The minimum atomic E-state index is 0.794. The van der Waals surface area contributed by atoms with Gasteiger partial charge in [0.15, 0.2) is 0 Å². The van der Waals surface area contributed by atoms with Crippen molar-refractivity contribution >= 4 is 15.9 Å². The summed E-state index contributed by atoms with van der Waals surface area (Å²) >= 11 is 3.50. The molecule has 0 spiro atoms. The molecule has 0 amide bonds. The monoisotopic (exact) mass is 240 g/mol. The fourth-order valence-corrected chi connectivity index (χ4v) is 2.24. The highest BCUT2D eigenvalue weighted by atomic mass is 79.9. The molecule has 1 saturated carbocycles. The van der Waals surface area contributed by atoms with Crippen molar-refractivity contribution in [1.82, 2.24) is 0 Å². The topological polar surface area (TPSA) is 9.23 Å². The maximum Gasteiger partial charge on any atom is 0.133 e. The SMILES string of the molecule is COc1ccc(C2CCC2)cc1Br. The zero-order chi connectivity index (χ0) is 9.26. The van der Waals surface area contributed by atoms with Crippen molar-refractivity contribution in [2.24, 2.45) is 0 Å². The van der Waals surface area contributed by atoms with Crippen LogP contribution >= 0.6 is 15.9 Å². The third-order valence-electron chi connectivity index (χ3n) is 2.75. The molecule has 13 heavy (non-hydrogen) atoms. The van der Waals surface area contributed by atoms with Crippen LogP contribution in [0.3, 0.4) is 0 Å². The summed E-state index contributed by atoms with van der Waals surface area (Å²) in [6, 6.07) is 6.40. The Hall–Kier alpha value is -0.500. The molecule has 0 heterocycles. The molecule has 0 aromatic heterocycles. The van der Waals surface area contributed by atoms with Crippen molar-refractivity contribution in [3.8, 4) is 5.75 Å². The van der Waals surface area contributed by atoms with Crippen LogP contribution in [0.4, 0.5) is 0 Å². The third kappa shape index (κ3) is 1.73. The van der Waals surface area contributed by atoms with E-state index in [0.29, 0.717) is 0 Å². The van der Waals surface area contributed by atoms with Gasteiger partial charge in [0.2, 0.25) is 0 Å². The first kappa shape index (κ1) is 9.07. The molecule has 0 saturated heterocycles. The first-order valence-electron chi connectivity index (χ1n) is 4.64. The summed E-state index contributed by atoms with van der Waals surface area (Å²) in [6.45, 7) is 0. The lowest BCUT2D eigenvalue weighted by Gasteiger charge is -2.26. The van der Waals surface area contributed by atoms with Crippen molar-refractivity contribution in [3.05, 3.63) is 28.2 Å². The van der Waals surface area contributed by atoms with Gasteiger partial charge in [-0.2, -0.15) is 0 Å². The van der Waals surface area contributed by atoms with Gasteiger partial charge >= 0.3 is 0 Å². The minimum Gasteiger partial charge on any atom is -0.496 e. The van der Waals surface area contributed by atoms with Crippen LogP contribution in [0, 0.1) is 0 Å². The predicted molar refractivity (Wildman–Crippen MR) is 57.3 cm³/mol. The molecule has 2 heteroatoms. The van der Waals surface area contributed by atoms with E-state index in [4.69, 9.17) is 4.74 Å². The number of halogens is 1. The van der Waals surface area contributed by atoms with E-state index in [9.17, 15) is 0 Å². The average molecular weight is 241 g/mol. The van der Waals surface area contributed by atoms with Crippen LogP contribution in [-0.2, 0) is 0 Å². The van der Waals surface area contributed by atoms with Gasteiger partial charge in [-0.3, -0.25) is 0 Å². The van der Waals surface area contributed by atoms with Gasteiger partial charge in [-0.25, -0.2) is 0 Å². The van der Waals surface area contributed by atoms with E-state index in [1.165, 1.54) is 24.8 Å². The molecule has 0 atom stereocenters. The molecule has 1 aliphatic carbocycles. The Bertz CT molecular complexity index is 305. The second-order valence-corrected chi connectivity index (χ2v) is 4.38. The van der Waals surface area contributed by atoms with Gasteiger partial charge in [0.25, 0.3) is 0 Å². The van der Waals surface area contributed by atoms with Gasteiger partial charge < -0.3 is 4.74 Å². The summed E-state index contributed by atoms with van der Waals surface area (Å²) in [6.07, 6.45) is 4.08. The first-order chi connectivity index (χ1) is 6.31. The Morgan fingerprint density at radius 3 is 2.62 bits per heavy atom. The number of hydrogen-bond donors (Lipinski definition) is 0. The lowest BCUT2D eigenvalue weighted by Crippen LogP contribution is -2.08. The van der Waals surface area contributed by atoms with Gasteiger partial charge in [-0.15, -0.1) is 0 Å². The number of methoxy groups -OCH3 is 1. The molecular weight excluding hydrogens is 228 g/mol. The van der Waals surface area contributed by atoms with E-state index < -0.39 is 0 Å². The predicted octanol–water partition coefficient (Wildman–Crippen LogP) is 3.73. The lowest BCUT2D eigenvalue weighted by molar-refractivity contribution is 0.406. The lowest BCUT2D eigenvalue weighted by atomic mass is 9.80. The highest BCUT2D eigenvalue weighted by Gasteiger charge is 2.19. The van der Waals surface area contributed by atoms with E-state index in [-0.39, 0.29) is 0 Å². The van der Waals surface area contributed by atoms with Crippen molar-refractivity contribution in [2.75, 3.05) is 7.11 Å². The van der Waals surface area contributed by atoms with Crippen LogP contribution in [-0.4, -0.2) is 7.11 Å². The summed E-state index contributed by atoms with van der Waals surface area (Å²) in [7, 11) is 1.70. The quantitative estimate of drug-likeness (QED) is 0.766. The second kappa shape index (κ2) is 3.70. The Kier molecular flexibility index (Phi) is 2.58. The average Bonchev–Trinajstić information content (AvgIpc) is 2.01. The summed E-state index contributed by atoms with van der Waals surface area (Å²) in [4.78, 5) is 0. The number of hydrogen-bond acceptors (Lipinski definition) is 1. The normalized spacial score (nSPS) is 16.8. The zero-order valence-corrected chi connectivity index (χ0v) is 9.30. The number of ether oxygens (including phenoxy) is 1. The van der Waals surface area contributed by atoms with Crippen LogP contribution in [0.5, 0.6) is 5.75 Å². The Balaban J connectivity index is 2.24. The molecule has 0 aliphatic heterocycles. The molecule has 1 aromatic carbocycles. The second-order valence-electron chi connectivity index (χ2n) is 3.52. The Labute approximate surface area is 87.2 Å². The highest BCUT2D eigenvalue weighted by Crippen LogP contribution is 2.38. The fourth-order valence-electron chi connectivity index (χ4n) is 1.68. The minimum absolute atomic E-state index is 0.794. The highest BCUT2D eigenvalue weighted by molar-refractivity contribution is 9.10. The van der Waals surface area contributed by atoms with E-state index in [0.717, 1.165) is 16.1 Å². The van der Waals surface area contributed by atoms with Crippen LogP contribution < -0.4 is 4.74 Å². The van der Waals surface area contributed by atoms with Crippen molar-refractivity contribution in [3.63, 3.8) is 0 Å². The molecule has 1 nitrogen and oxygen atoms in total. The molecule has 0 radical (unpaired) electrons. The van der Waals surface area contributed by atoms with Gasteiger partial charge in [0.1, 0.15) is 5.75 Å².